The van der Waals surface area contributed by atoms with Gasteiger partial charge in [0.2, 0.25) is 0 Å². The molecule has 29 heavy (non-hydrogen) atoms. The third kappa shape index (κ3) is 7.35. The summed E-state index contributed by atoms with van der Waals surface area (Å²) in [5, 5.41) is 3.81. The molecule has 0 spiro atoms. The molecule has 6 atom stereocenters. The van der Waals surface area contributed by atoms with Gasteiger partial charge in [0.15, 0.2) is 0 Å². The minimum atomic E-state index is -0.360. The molecule has 1 aliphatic carbocycles. The number of halogens is 1. The number of hydrogen-bond acceptors (Lipinski definition) is 3. The van der Waals surface area contributed by atoms with E-state index >= 15 is 0 Å². The van der Waals surface area contributed by atoms with Crippen molar-refractivity contribution in [3.63, 3.8) is 0 Å². The van der Waals surface area contributed by atoms with Crippen LogP contribution in [-0.2, 0) is 4.79 Å². The van der Waals surface area contributed by atoms with Crippen molar-refractivity contribution < 1.29 is 9.18 Å². The highest BCUT2D eigenvalue weighted by Crippen LogP contribution is 2.51. The predicted molar refractivity (Wildman–Crippen MR) is 122 cm³/mol. The Balaban J connectivity index is 3.11. The first-order valence-corrected chi connectivity index (χ1v) is 10.9. The van der Waals surface area contributed by atoms with E-state index in [2.05, 4.69) is 44.8 Å². The largest absolute Gasteiger partial charge is 0.327 e. The average Bonchev–Trinajstić information content (AvgIpc) is 3.39. The van der Waals surface area contributed by atoms with Crippen LogP contribution in [0, 0.1) is 23.7 Å². The fourth-order valence-corrected chi connectivity index (χ4v) is 4.46. The second kappa shape index (κ2) is 11.6. The predicted octanol–water partition coefficient (Wildman–Crippen LogP) is 5.50. The summed E-state index contributed by atoms with van der Waals surface area (Å²) in [6.07, 6.45) is 11.4. The molecule has 164 valence electrons. The molecule has 0 radical (unpaired) electrons. The molecule has 0 aliphatic heterocycles. The molecule has 0 saturated heterocycles. The number of allylic oxidation sites excluding steroid dienone is 5. The van der Waals surface area contributed by atoms with Gasteiger partial charge in [0.25, 0.3) is 0 Å². The lowest BCUT2D eigenvalue weighted by molar-refractivity contribution is -0.104. The number of rotatable bonds is 13. The average molecular weight is 405 g/mol. The third-order valence-electron chi connectivity index (χ3n) is 6.04. The van der Waals surface area contributed by atoms with Crippen molar-refractivity contribution in [2.45, 2.75) is 72.4 Å². The molecule has 1 aliphatic rings. The first-order chi connectivity index (χ1) is 13.6. The van der Waals surface area contributed by atoms with E-state index in [0.717, 1.165) is 37.7 Å². The van der Waals surface area contributed by atoms with Crippen molar-refractivity contribution >= 4 is 6.29 Å². The highest BCUT2D eigenvalue weighted by molar-refractivity contribution is 5.73. The van der Waals surface area contributed by atoms with Gasteiger partial charge >= 0.3 is 0 Å². The van der Waals surface area contributed by atoms with Crippen LogP contribution in [0.2, 0.25) is 0 Å². The van der Waals surface area contributed by atoms with Crippen molar-refractivity contribution in [1.29, 1.82) is 0 Å². The van der Waals surface area contributed by atoms with Crippen LogP contribution in [0.1, 0.15) is 60.8 Å². The number of carbonyl (C=O) groups is 1. The van der Waals surface area contributed by atoms with E-state index in [0.29, 0.717) is 23.3 Å². The van der Waals surface area contributed by atoms with Gasteiger partial charge in [0.05, 0.1) is 5.83 Å². The zero-order chi connectivity index (χ0) is 22.2. The molecular weight excluding hydrogens is 363 g/mol. The Labute approximate surface area is 177 Å². The molecule has 1 fully saturated rings. The van der Waals surface area contributed by atoms with Gasteiger partial charge in [0, 0.05) is 17.5 Å². The zero-order valence-electron chi connectivity index (χ0n) is 19.2. The number of hydrogen-bond donors (Lipinski definition) is 2. The lowest BCUT2D eigenvalue weighted by Gasteiger charge is -2.43. The molecule has 4 heteroatoms. The van der Waals surface area contributed by atoms with E-state index in [1.165, 1.54) is 6.92 Å². The van der Waals surface area contributed by atoms with Crippen molar-refractivity contribution in [3.05, 3.63) is 47.9 Å². The van der Waals surface area contributed by atoms with Gasteiger partial charge in [-0.05, 0) is 76.0 Å². The maximum atomic E-state index is 14.0. The lowest BCUT2D eigenvalue weighted by Crippen LogP contribution is -2.57. The van der Waals surface area contributed by atoms with E-state index in [4.69, 9.17) is 5.73 Å². The molecule has 0 aromatic carbocycles. The number of nitrogens with one attached hydrogen (secondary N) is 1. The van der Waals surface area contributed by atoms with Gasteiger partial charge in [-0.3, -0.25) is 4.79 Å². The van der Waals surface area contributed by atoms with Gasteiger partial charge in [-0.2, -0.15) is 0 Å². The summed E-state index contributed by atoms with van der Waals surface area (Å²) in [6, 6.07) is -0.124. The topological polar surface area (TPSA) is 55.1 Å². The number of aldehydes is 1. The van der Waals surface area contributed by atoms with E-state index in [1.54, 1.807) is 13.0 Å². The minimum absolute atomic E-state index is 0.115. The summed E-state index contributed by atoms with van der Waals surface area (Å²) in [5.74, 6) is 1.05. The van der Waals surface area contributed by atoms with Crippen LogP contribution >= 0.6 is 0 Å². The van der Waals surface area contributed by atoms with Gasteiger partial charge in [0.1, 0.15) is 6.29 Å². The summed E-state index contributed by atoms with van der Waals surface area (Å²) in [5.41, 5.74) is 7.78. The summed E-state index contributed by atoms with van der Waals surface area (Å²) in [7, 11) is 0. The fourth-order valence-electron chi connectivity index (χ4n) is 4.46. The first-order valence-electron chi connectivity index (χ1n) is 10.9. The molecule has 0 amide bonds. The summed E-state index contributed by atoms with van der Waals surface area (Å²) < 4.78 is 14.0. The van der Waals surface area contributed by atoms with E-state index in [1.807, 2.05) is 13.0 Å². The normalized spacial score (nSPS) is 25.4. The minimum Gasteiger partial charge on any atom is -0.327 e. The smallest absolute Gasteiger partial charge is 0.145 e. The van der Waals surface area contributed by atoms with Crippen LogP contribution in [0.3, 0.4) is 0 Å². The van der Waals surface area contributed by atoms with E-state index in [9.17, 15) is 9.18 Å². The molecule has 0 aromatic heterocycles. The second-order valence-electron chi connectivity index (χ2n) is 8.96. The van der Waals surface area contributed by atoms with Crippen molar-refractivity contribution in [2.75, 3.05) is 6.54 Å². The standard InChI is InChI=1S/C25H41FN2O/c1-8-10-25(22-13-20(22)6,23(14-21(7)26)24(27)9-2)28-15-18(4)11-17(3)12-19(5)16-29/h8,10,12,14,16,18,20,22-24,28H,3,9,11,13,15,27H2,1-2,4-7H3/b10-8-,19-12+,21-14+/t18-,20-,22?,23?,24?,25+/m1/s1. The monoisotopic (exact) mass is 404 g/mol. The Morgan fingerprint density at radius 1 is 1.41 bits per heavy atom. The highest BCUT2D eigenvalue weighted by atomic mass is 19.1. The highest BCUT2D eigenvalue weighted by Gasteiger charge is 2.53. The number of carbonyl (C=O) groups excluding carboxylic acids is 1. The molecule has 1 saturated carbocycles. The maximum absolute atomic E-state index is 14.0. The molecule has 3 nitrogen and oxygen atoms in total. The molecule has 3 N–H and O–H groups in total. The molecule has 0 bridgehead atoms. The van der Waals surface area contributed by atoms with Gasteiger partial charge < -0.3 is 11.1 Å². The van der Waals surface area contributed by atoms with Crippen molar-refractivity contribution in [3.8, 4) is 0 Å². The van der Waals surface area contributed by atoms with Crippen LogP contribution in [0.5, 0.6) is 0 Å². The Bertz CT molecular complexity index is 647. The Hall–Kier alpha value is -1.52. The zero-order valence-corrected chi connectivity index (χ0v) is 19.2. The fraction of sp³-hybridized carbons (Fsp3) is 0.640. The van der Waals surface area contributed by atoms with Crippen LogP contribution in [0.25, 0.3) is 0 Å². The maximum Gasteiger partial charge on any atom is 0.145 e. The molecule has 0 heterocycles. The SMILES string of the molecule is C=C(/C=C(\C)C=O)C[C@@H](C)CN[C@](/C=C\C)(C(/C=C(\C)F)C(N)CC)C1C[C@H]1C. The summed E-state index contributed by atoms with van der Waals surface area (Å²) in [6.45, 7) is 16.6. The van der Waals surface area contributed by atoms with Gasteiger partial charge in [-0.15, -0.1) is 0 Å². The van der Waals surface area contributed by atoms with Gasteiger partial charge in [-0.1, -0.05) is 51.2 Å². The number of nitrogens with two attached hydrogens (primary N) is 1. The Morgan fingerprint density at radius 3 is 2.48 bits per heavy atom. The molecule has 3 unspecified atom stereocenters. The molecule has 1 rings (SSSR count). The van der Waals surface area contributed by atoms with Crippen molar-refractivity contribution in [1.82, 2.24) is 5.32 Å². The lowest BCUT2D eigenvalue weighted by atomic mass is 9.73. The van der Waals surface area contributed by atoms with E-state index < -0.39 is 0 Å². The van der Waals surface area contributed by atoms with Crippen LogP contribution in [0.15, 0.2) is 47.9 Å². The quantitative estimate of drug-likeness (QED) is 0.184. The van der Waals surface area contributed by atoms with E-state index in [-0.39, 0.29) is 23.3 Å². The molecular formula is C25H41FN2O. The van der Waals surface area contributed by atoms with Crippen molar-refractivity contribution in [2.24, 2.45) is 29.4 Å². The Kier molecular flexibility index (Phi) is 10.2. The Morgan fingerprint density at radius 2 is 2.03 bits per heavy atom. The van der Waals surface area contributed by atoms with Gasteiger partial charge in [-0.25, -0.2) is 4.39 Å². The second-order valence-corrected chi connectivity index (χ2v) is 8.96. The van der Waals surface area contributed by atoms with Crippen LogP contribution in [0.4, 0.5) is 4.39 Å². The summed E-state index contributed by atoms with van der Waals surface area (Å²) >= 11 is 0. The third-order valence-corrected chi connectivity index (χ3v) is 6.04. The van der Waals surface area contributed by atoms with Crippen LogP contribution in [-0.4, -0.2) is 24.4 Å². The molecule has 0 aromatic rings. The first kappa shape index (κ1) is 25.5. The van der Waals surface area contributed by atoms with Crippen LogP contribution < -0.4 is 11.1 Å². The summed E-state index contributed by atoms with van der Waals surface area (Å²) in [4.78, 5) is 10.8.